The Kier molecular flexibility index (Phi) is 4.84. The van der Waals surface area contributed by atoms with E-state index in [0.29, 0.717) is 22.0 Å². The first-order valence-corrected chi connectivity index (χ1v) is 8.92. The average Bonchev–Trinajstić information content (AvgIpc) is 2.78. The number of aromatic nitrogens is 2. The third-order valence-corrected chi connectivity index (χ3v) is 4.75. The summed E-state index contributed by atoms with van der Waals surface area (Å²) in [5.74, 6) is 1.62. The van der Waals surface area contributed by atoms with Crippen LogP contribution in [0.4, 0.5) is 5.82 Å². The maximum absolute atomic E-state index is 6.33. The Hall–Kier alpha value is -0.930. The first-order chi connectivity index (χ1) is 10.5. The van der Waals surface area contributed by atoms with Gasteiger partial charge in [-0.1, -0.05) is 56.3 Å². The lowest BCUT2D eigenvalue weighted by Gasteiger charge is -2.24. The maximum atomic E-state index is 6.33. The van der Waals surface area contributed by atoms with Crippen molar-refractivity contribution in [3.05, 3.63) is 28.0 Å². The van der Waals surface area contributed by atoms with Gasteiger partial charge in [-0.15, -0.1) is 0 Å². The van der Waals surface area contributed by atoms with E-state index in [1.54, 1.807) is 6.07 Å². The fraction of sp³-hybridized carbons (Fsp3) is 0.588. The molecule has 0 aliphatic heterocycles. The molecular weight excluding hydrogens is 317 g/mol. The van der Waals surface area contributed by atoms with Gasteiger partial charge >= 0.3 is 0 Å². The Morgan fingerprint density at radius 2 is 2.00 bits per heavy atom. The number of hydrogen-bond donors (Lipinski definition) is 1. The second kappa shape index (κ2) is 6.67. The number of nitrogens with zero attached hydrogens (tertiary/aromatic N) is 2. The van der Waals surface area contributed by atoms with Crippen molar-refractivity contribution in [2.45, 2.75) is 58.4 Å². The highest BCUT2D eigenvalue weighted by atomic mass is 35.5. The third kappa shape index (κ3) is 3.36. The first-order valence-electron chi connectivity index (χ1n) is 8.17. The summed E-state index contributed by atoms with van der Waals surface area (Å²) in [7, 11) is 0. The van der Waals surface area contributed by atoms with Crippen molar-refractivity contribution in [1.29, 1.82) is 0 Å². The molecule has 1 N–H and O–H groups in total. The van der Waals surface area contributed by atoms with Crippen molar-refractivity contribution in [3.63, 3.8) is 0 Å². The normalized spacial score (nSPS) is 16.6. The summed E-state index contributed by atoms with van der Waals surface area (Å²) in [6, 6.07) is 2.28. The molecule has 0 atom stereocenters. The standard InChI is InChI=1S/C17H23Cl2N3/c1-11(2)8-15-17(20-13-6-4-3-5-7-13)22-10-12(18)9-14(19)16(22)21-15/h9-11,13,20H,3-8H2,1-2H3. The van der Waals surface area contributed by atoms with E-state index in [0.717, 1.165) is 23.6 Å². The van der Waals surface area contributed by atoms with Gasteiger partial charge in [0, 0.05) is 12.2 Å². The molecule has 2 aromatic rings. The Morgan fingerprint density at radius 1 is 1.27 bits per heavy atom. The van der Waals surface area contributed by atoms with Crippen LogP contribution in [0.25, 0.3) is 5.65 Å². The number of imidazole rings is 1. The van der Waals surface area contributed by atoms with Gasteiger partial charge in [0.2, 0.25) is 0 Å². The lowest BCUT2D eigenvalue weighted by molar-refractivity contribution is 0.461. The van der Waals surface area contributed by atoms with Crippen LogP contribution in [0.2, 0.25) is 10.0 Å². The Bertz CT molecular complexity index is 657. The lowest BCUT2D eigenvalue weighted by atomic mass is 9.95. The summed E-state index contributed by atoms with van der Waals surface area (Å²) in [6.07, 6.45) is 9.24. The van der Waals surface area contributed by atoms with Crippen LogP contribution in [-0.4, -0.2) is 15.4 Å². The molecule has 0 aromatic carbocycles. The summed E-state index contributed by atoms with van der Waals surface area (Å²) >= 11 is 12.5. The summed E-state index contributed by atoms with van der Waals surface area (Å²) in [6.45, 7) is 4.42. The Morgan fingerprint density at radius 3 is 2.68 bits per heavy atom. The number of hydrogen-bond acceptors (Lipinski definition) is 2. The molecule has 120 valence electrons. The largest absolute Gasteiger partial charge is 0.367 e. The quantitative estimate of drug-likeness (QED) is 0.787. The molecule has 3 nitrogen and oxygen atoms in total. The highest BCUT2D eigenvalue weighted by Gasteiger charge is 2.20. The monoisotopic (exact) mass is 339 g/mol. The van der Waals surface area contributed by atoms with Crippen LogP contribution in [0.3, 0.4) is 0 Å². The van der Waals surface area contributed by atoms with Crippen LogP contribution in [0.1, 0.15) is 51.6 Å². The molecule has 0 saturated heterocycles. The lowest BCUT2D eigenvalue weighted by Crippen LogP contribution is -2.23. The van der Waals surface area contributed by atoms with Crippen molar-refractivity contribution < 1.29 is 0 Å². The van der Waals surface area contributed by atoms with Crippen molar-refractivity contribution in [3.8, 4) is 0 Å². The molecular formula is C17H23Cl2N3. The predicted octanol–water partition coefficient (Wildman–Crippen LogP) is 5.58. The summed E-state index contributed by atoms with van der Waals surface area (Å²) in [5, 5.41) is 4.96. The van der Waals surface area contributed by atoms with Crippen LogP contribution in [0.15, 0.2) is 12.3 Å². The minimum atomic E-state index is 0.525. The Labute approximate surface area is 142 Å². The van der Waals surface area contributed by atoms with Gasteiger partial charge in [0.05, 0.1) is 15.7 Å². The van der Waals surface area contributed by atoms with Gasteiger partial charge in [-0.05, 0) is 31.2 Å². The SMILES string of the molecule is CC(C)Cc1nc2c(Cl)cc(Cl)cn2c1NC1CCCCC1. The zero-order valence-corrected chi connectivity index (χ0v) is 14.7. The molecule has 1 saturated carbocycles. The molecule has 22 heavy (non-hydrogen) atoms. The maximum Gasteiger partial charge on any atom is 0.157 e. The van der Waals surface area contributed by atoms with E-state index in [1.807, 2.05) is 10.6 Å². The van der Waals surface area contributed by atoms with Crippen molar-refractivity contribution in [1.82, 2.24) is 9.38 Å². The topological polar surface area (TPSA) is 29.3 Å². The van der Waals surface area contributed by atoms with Gasteiger partial charge in [-0.25, -0.2) is 4.98 Å². The minimum Gasteiger partial charge on any atom is -0.367 e. The van der Waals surface area contributed by atoms with Gasteiger partial charge in [0.25, 0.3) is 0 Å². The molecule has 0 unspecified atom stereocenters. The third-order valence-electron chi connectivity index (χ3n) is 4.26. The van der Waals surface area contributed by atoms with E-state index in [1.165, 1.54) is 32.1 Å². The van der Waals surface area contributed by atoms with Gasteiger partial charge in [0.15, 0.2) is 5.65 Å². The van der Waals surface area contributed by atoms with Crippen LogP contribution in [0, 0.1) is 5.92 Å². The highest BCUT2D eigenvalue weighted by molar-refractivity contribution is 6.36. The molecule has 0 radical (unpaired) electrons. The molecule has 1 aliphatic rings. The second-order valence-corrected chi connectivity index (χ2v) is 7.53. The first kappa shape index (κ1) is 15.9. The molecule has 0 bridgehead atoms. The van der Waals surface area contributed by atoms with Crippen LogP contribution >= 0.6 is 23.2 Å². The van der Waals surface area contributed by atoms with E-state index in [2.05, 4.69) is 19.2 Å². The molecule has 0 amide bonds. The molecule has 1 fully saturated rings. The van der Waals surface area contributed by atoms with Gasteiger partial charge in [-0.3, -0.25) is 4.40 Å². The van der Waals surface area contributed by atoms with Gasteiger partial charge in [0.1, 0.15) is 5.82 Å². The van der Waals surface area contributed by atoms with Crippen molar-refractivity contribution in [2.75, 3.05) is 5.32 Å². The van der Waals surface area contributed by atoms with E-state index in [-0.39, 0.29) is 0 Å². The minimum absolute atomic E-state index is 0.525. The molecule has 2 aromatic heterocycles. The number of nitrogens with one attached hydrogen (secondary N) is 1. The number of pyridine rings is 1. The summed E-state index contributed by atoms with van der Waals surface area (Å²) < 4.78 is 2.02. The molecule has 3 rings (SSSR count). The molecule has 1 aliphatic carbocycles. The van der Waals surface area contributed by atoms with E-state index >= 15 is 0 Å². The van der Waals surface area contributed by atoms with Gasteiger partial charge < -0.3 is 5.32 Å². The fourth-order valence-electron chi connectivity index (χ4n) is 3.24. The predicted molar refractivity (Wildman–Crippen MR) is 94.2 cm³/mol. The van der Waals surface area contributed by atoms with Crippen LogP contribution < -0.4 is 5.32 Å². The van der Waals surface area contributed by atoms with Crippen molar-refractivity contribution >= 4 is 34.7 Å². The van der Waals surface area contributed by atoms with E-state index < -0.39 is 0 Å². The fourth-order valence-corrected chi connectivity index (χ4v) is 3.76. The van der Waals surface area contributed by atoms with E-state index in [4.69, 9.17) is 28.2 Å². The number of fused-ring (bicyclic) bond motifs is 1. The second-order valence-electron chi connectivity index (χ2n) is 6.68. The Balaban J connectivity index is 2.02. The zero-order chi connectivity index (χ0) is 15.7. The number of rotatable bonds is 4. The zero-order valence-electron chi connectivity index (χ0n) is 13.2. The average molecular weight is 340 g/mol. The highest BCUT2D eigenvalue weighted by Crippen LogP contribution is 2.30. The number of halogens is 2. The summed E-state index contributed by atoms with van der Waals surface area (Å²) in [4.78, 5) is 4.77. The molecule has 5 heteroatoms. The number of anilines is 1. The molecule has 0 spiro atoms. The van der Waals surface area contributed by atoms with Crippen molar-refractivity contribution in [2.24, 2.45) is 5.92 Å². The van der Waals surface area contributed by atoms with Crippen LogP contribution in [0.5, 0.6) is 0 Å². The summed E-state index contributed by atoms with van der Waals surface area (Å²) in [5.41, 5.74) is 1.88. The molecule has 2 heterocycles. The van der Waals surface area contributed by atoms with Gasteiger partial charge in [-0.2, -0.15) is 0 Å². The van der Waals surface area contributed by atoms with E-state index in [9.17, 15) is 0 Å². The van der Waals surface area contributed by atoms with Crippen LogP contribution in [-0.2, 0) is 6.42 Å². The smallest absolute Gasteiger partial charge is 0.157 e.